The van der Waals surface area contributed by atoms with E-state index in [1.165, 1.54) is 6.42 Å². The minimum atomic E-state index is -0.409. The van der Waals surface area contributed by atoms with Gasteiger partial charge >= 0.3 is 0 Å². The van der Waals surface area contributed by atoms with Gasteiger partial charge in [0.1, 0.15) is 11.6 Å². The molecule has 2 aromatic carbocycles. The fourth-order valence-corrected chi connectivity index (χ4v) is 4.07. The van der Waals surface area contributed by atoms with Crippen LogP contribution in [0.1, 0.15) is 59.3 Å². The number of nitrogens with one attached hydrogen (secondary N) is 2. The van der Waals surface area contributed by atoms with Crippen LogP contribution < -0.4 is 10.6 Å². The summed E-state index contributed by atoms with van der Waals surface area (Å²) in [5, 5.41) is 14.6. The van der Waals surface area contributed by atoms with E-state index < -0.39 is 6.04 Å². The van der Waals surface area contributed by atoms with Crippen molar-refractivity contribution in [2.24, 2.45) is 0 Å². The molecule has 4 rings (SSSR count). The number of hydrogen-bond donors (Lipinski definition) is 2. The molecule has 2 amide bonds. The lowest BCUT2D eigenvalue weighted by Gasteiger charge is -2.19. The van der Waals surface area contributed by atoms with E-state index in [0.29, 0.717) is 18.5 Å². The van der Waals surface area contributed by atoms with E-state index in [1.807, 2.05) is 48.5 Å². The number of amides is 2. The van der Waals surface area contributed by atoms with Crippen molar-refractivity contribution in [1.82, 2.24) is 25.4 Å². The number of carbonyl (C=O) groups excluding carboxylic acids is 2. The van der Waals surface area contributed by atoms with E-state index in [9.17, 15) is 9.59 Å². The second kappa shape index (κ2) is 10.7. The Morgan fingerprint density at radius 3 is 2.47 bits per heavy atom. The highest BCUT2D eigenvalue weighted by Gasteiger charge is 2.20. The van der Waals surface area contributed by atoms with Gasteiger partial charge in [-0.2, -0.15) is 0 Å². The highest BCUT2D eigenvalue weighted by atomic mass is 16.2. The Morgan fingerprint density at radius 2 is 1.69 bits per heavy atom. The van der Waals surface area contributed by atoms with Crippen molar-refractivity contribution < 1.29 is 9.59 Å². The van der Waals surface area contributed by atoms with Gasteiger partial charge in [0.15, 0.2) is 0 Å². The molecular weight excluding hydrogens is 402 g/mol. The molecule has 1 aliphatic heterocycles. The third kappa shape index (κ3) is 5.60. The molecule has 7 heteroatoms. The first-order chi connectivity index (χ1) is 15.7. The molecule has 0 saturated carbocycles. The largest absolute Gasteiger partial charge is 0.356 e. The number of aromatic nitrogens is 3. The summed E-state index contributed by atoms with van der Waals surface area (Å²) < 4.78 is 2.20. The minimum Gasteiger partial charge on any atom is -0.356 e. The smallest absolute Gasteiger partial charge is 0.251 e. The maximum Gasteiger partial charge on any atom is 0.251 e. The Hall–Kier alpha value is -3.48. The first-order valence-electron chi connectivity index (χ1n) is 11.3. The molecular formula is C25H29N5O2. The van der Waals surface area contributed by atoms with Gasteiger partial charge in [-0.3, -0.25) is 9.59 Å². The van der Waals surface area contributed by atoms with Crippen LogP contribution in [0, 0.1) is 0 Å². The second-order valence-corrected chi connectivity index (χ2v) is 8.10. The molecule has 7 nitrogen and oxygen atoms in total. The van der Waals surface area contributed by atoms with Crippen molar-refractivity contribution in [2.45, 2.75) is 51.1 Å². The van der Waals surface area contributed by atoms with Crippen molar-refractivity contribution in [3.05, 3.63) is 83.4 Å². The van der Waals surface area contributed by atoms with E-state index >= 15 is 0 Å². The SMILES string of the molecule is O=C(CC(NC(=O)c1ccccc1)c1ccccc1)NCCc1nnc2n1CCCCC2. The highest BCUT2D eigenvalue weighted by molar-refractivity contribution is 5.94. The molecule has 32 heavy (non-hydrogen) atoms. The Morgan fingerprint density at radius 1 is 0.938 bits per heavy atom. The van der Waals surface area contributed by atoms with Crippen molar-refractivity contribution in [2.75, 3.05) is 6.54 Å². The van der Waals surface area contributed by atoms with E-state index in [4.69, 9.17) is 0 Å². The van der Waals surface area contributed by atoms with Gasteiger partial charge in [-0.15, -0.1) is 10.2 Å². The normalized spacial score (nSPS) is 14.1. The van der Waals surface area contributed by atoms with Gasteiger partial charge in [-0.1, -0.05) is 55.0 Å². The number of nitrogens with zero attached hydrogens (tertiary/aromatic N) is 3. The average Bonchev–Trinajstić information content (AvgIpc) is 3.05. The Bertz CT molecular complexity index is 1030. The topological polar surface area (TPSA) is 88.9 Å². The summed E-state index contributed by atoms with van der Waals surface area (Å²) in [5.41, 5.74) is 1.47. The summed E-state index contributed by atoms with van der Waals surface area (Å²) in [6, 6.07) is 18.2. The van der Waals surface area contributed by atoms with E-state index in [1.54, 1.807) is 12.1 Å². The summed E-state index contributed by atoms with van der Waals surface area (Å²) in [7, 11) is 0. The lowest BCUT2D eigenvalue weighted by Crippen LogP contribution is -2.34. The zero-order valence-corrected chi connectivity index (χ0v) is 18.2. The van der Waals surface area contributed by atoms with E-state index in [2.05, 4.69) is 25.4 Å². The predicted molar refractivity (Wildman–Crippen MR) is 122 cm³/mol. The monoisotopic (exact) mass is 431 g/mol. The second-order valence-electron chi connectivity index (χ2n) is 8.10. The fraction of sp³-hybridized carbons (Fsp3) is 0.360. The zero-order valence-electron chi connectivity index (χ0n) is 18.2. The molecule has 0 saturated heterocycles. The molecule has 0 aliphatic carbocycles. The number of fused-ring (bicyclic) bond motifs is 1. The number of carbonyl (C=O) groups is 2. The van der Waals surface area contributed by atoms with Gasteiger partial charge < -0.3 is 15.2 Å². The van der Waals surface area contributed by atoms with Crippen LogP contribution in [0.25, 0.3) is 0 Å². The summed E-state index contributed by atoms with van der Waals surface area (Å²) >= 11 is 0. The van der Waals surface area contributed by atoms with Gasteiger partial charge in [0.2, 0.25) is 5.91 Å². The number of benzene rings is 2. The predicted octanol–water partition coefficient (Wildman–Crippen LogP) is 3.22. The third-order valence-corrected chi connectivity index (χ3v) is 5.79. The molecule has 166 valence electrons. The van der Waals surface area contributed by atoms with Crippen molar-refractivity contribution in [3.63, 3.8) is 0 Å². The third-order valence-electron chi connectivity index (χ3n) is 5.79. The maximum absolute atomic E-state index is 12.7. The molecule has 1 aliphatic rings. The zero-order chi connectivity index (χ0) is 22.2. The molecule has 1 atom stereocenters. The Labute approximate surface area is 188 Å². The van der Waals surface area contributed by atoms with E-state index in [0.717, 1.165) is 43.0 Å². The van der Waals surface area contributed by atoms with Crippen LogP contribution in [0.3, 0.4) is 0 Å². The van der Waals surface area contributed by atoms with Crippen molar-refractivity contribution >= 4 is 11.8 Å². The Balaban J connectivity index is 1.35. The number of aryl methyl sites for hydroxylation is 1. The van der Waals surface area contributed by atoms with Crippen LogP contribution in [-0.4, -0.2) is 33.1 Å². The first-order valence-corrected chi connectivity index (χ1v) is 11.3. The lowest BCUT2D eigenvalue weighted by atomic mass is 10.0. The van der Waals surface area contributed by atoms with Gasteiger partial charge in [-0.05, 0) is 30.5 Å². The molecule has 1 unspecified atom stereocenters. The van der Waals surface area contributed by atoms with Crippen LogP contribution in [0.4, 0.5) is 0 Å². The number of hydrogen-bond acceptors (Lipinski definition) is 4. The quantitative estimate of drug-likeness (QED) is 0.573. The first kappa shape index (κ1) is 21.7. The van der Waals surface area contributed by atoms with Gasteiger partial charge in [-0.25, -0.2) is 0 Å². The molecule has 3 aromatic rings. The Kier molecular flexibility index (Phi) is 7.27. The molecule has 1 aromatic heterocycles. The summed E-state index contributed by atoms with van der Waals surface area (Å²) in [6.07, 6.45) is 5.30. The lowest BCUT2D eigenvalue weighted by molar-refractivity contribution is -0.121. The van der Waals surface area contributed by atoms with Gasteiger partial charge in [0, 0.05) is 31.5 Å². The standard InChI is InChI=1S/C25H29N5O2/c31-24(26-16-15-23-29-28-22-14-8-3-9-17-30(22)23)18-21(19-10-4-1-5-11-19)27-25(32)20-12-6-2-7-13-20/h1-2,4-7,10-13,21H,3,8-9,14-18H2,(H,26,31)(H,27,32). The number of rotatable bonds is 8. The van der Waals surface area contributed by atoms with Crippen LogP contribution in [0.2, 0.25) is 0 Å². The summed E-state index contributed by atoms with van der Waals surface area (Å²) in [4.78, 5) is 25.4. The maximum atomic E-state index is 12.7. The average molecular weight is 432 g/mol. The summed E-state index contributed by atoms with van der Waals surface area (Å²) in [6.45, 7) is 1.44. The molecule has 0 radical (unpaired) electrons. The van der Waals surface area contributed by atoms with Crippen LogP contribution in [0.5, 0.6) is 0 Å². The highest BCUT2D eigenvalue weighted by Crippen LogP contribution is 2.18. The van der Waals surface area contributed by atoms with Crippen molar-refractivity contribution in [3.8, 4) is 0 Å². The van der Waals surface area contributed by atoms with E-state index in [-0.39, 0.29) is 18.2 Å². The molecule has 0 fully saturated rings. The van der Waals surface area contributed by atoms with Crippen LogP contribution >= 0.6 is 0 Å². The molecule has 0 bridgehead atoms. The van der Waals surface area contributed by atoms with Gasteiger partial charge in [0.25, 0.3) is 5.91 Å². The summed E-state index contributed by atoms with van der Waals surface area (Å²) in [5.74, 6) is 1.68. The minimum absolute atomic E-state index is 0.109. The van der Waals surface area contributed by atoms with Gasteiger partial charge in [0.05, 0.1) is 12.5 Å². The fourth-order valence-electron chi connectivity index (χ4n) is 4.07. The van der Waals surface area contributed by atoms with Crippen LogP contribution in [0.15, 0.2) is 60.7 Å². The molecule has 2 heterocycles. The molecule has 0 spiro atoms. The van der Waals surface area contributed by atoms with Crippen LogP contribution in [-0.2, 0) is 24.2 Å². The molecule has 2 N–H and O–H groups in total. The van der Waals surface area contributed by atoms with Crippen molar-refractivity contribution in [1.29, 1.82) is 0 Å².